The highest BCUT2D eigenvalue weighted by Gasteiger charge is 2.53. The zero-order valence-electron chi connectivity index (χ0n) is 25.1. The van der Waals surface area contributed by atoms with Gasteiger partial charge < -0.3 is 15.0 Å². The van der Waals surface area contributed by atoms with Gasteiger partial charge in [-0.2, -0.15) is 0 Å². The summed E-state index contributed by atoms with van der Waals surface area (Å²) in [4.78, 5) is 48.5. The lowest BCUT2D eigenvalue weighted by atomic mass is 9.89. The van der Waals surface area contributed by atoms with E-state index in [2.05, 4.69) is 24.1 Å². The van der Waals surface area contributed by atoms with Crippen LogP contribution < -0.4 is 15.0 Å². The van der Waals surface area contributed by atoms with E-state index in [-0.39, 0.29) is 17.9 Å². The standard InChI is InChI=1S/C35H38N4O4/c1-21(2)10-9-11-22(3)36-33(40)26-13-6-8-15-29(26)39-34(41)30-20-27-25-12-5-7-14-28(25)37-31(27)32(38(30)35(39)42)23-16-18-24(43-4)19-17-23/h5-8,12-19,21-22,30,32,37H,9-11,20H2,1-4H3,(H,36,40)/t22-,30-,32-/m0/s1. The topological polar surface area (TPSA) is 94.7 Å². The van der Waals surface area contributed by atoms with Gasteiger partial charge in [0.25, 0.3) is 11.8 Å². The van der Waals surface area contributed by atoms with Gasteiger partial charge in [-0.25, -0.2) is 9.69 Å². The third kappa shape index (κ3) is 5.15. The molecule has 3 aromatic carbocycles. The number of nitrogens with one attached hydrogen (secondary N) is 2. The van der Waals surface area contributed by atoms with Gasteiger partial charge in [-0.05, 0) is 60.7 Å². The minimum atomic E-state index is -0.711. The molecule has 2 aliphatic heterocycles. The van der Waals surface area contributed by atoms with Crippen molar-refractivity contribution in [3.63, 3.8) is 0 Å². The molecule has 3 atom stereocenters. The summed E-state index contributed by atoms with van der Waals surface area (Å²) in [5, 5.41) is 4.13. The Morgan fingerprint density at radius 3 is 2.44 bits per heavy atom. The number of carbonyl (C=O) groups excluding carboxylic acids is 3. The van der Waals surface area contributed by atoms with Crippen molar-refractivity contribution in [1.29, 1.82) is 0 Å². The lowest BCUT2D eigenvalue weighted by Gasteiger charge is -2.36. The molecule has 4 aromatic rings. The van der Waals surface area contributed by atoms with Gasteiger partial charge in [0.1, 0.15) is 17.8 Å². The summed E-state index contributed by atoms with van der Waals surface area (Å²) in [6, 6.07) is 20.8. The van der Waals surface area contributed by atoms with Crippen LogP contribution in [0.15, 0.2) is 72.8 Å². The molecule has 0 aliphatic carbocycles. The summed E-state index contributed by atoms with van der Waals surface area (Å²) >= 11 is 0. The number of fused-ring (bicyclic) bond motifs is 4. The lowest BCUT2D eigenvalue weighted by molar-refractivity contribution is -0.120. The van der Waals surface area contributed by atoms with Crippen LogP contribution in [-0.4, -0.2) is 46.9 Å². The Bertz CT molecular complexity index is 1670. The van der Waals surface area contributed by atoms with Crippen LogP contribution in [0.25, 0.3) is 10.9 Å². The molecule has 0 spiro atoms. The average Bonchev–Trinajstić information content (AvgIpc) is 3.50. The Labute approximate surface area is 252 Å². The Morgan fingerprint density at radius 2 is 1.70 bits per heavy atom. The molecule has 1 fully saturated rings. The molecule has 6 rings (SSSR count). The van der Waals surface area contributed by atoms with E-state index in [1.807, 2.05) is 55.5 Å². The molecular formula is C35H38N4O4. The van der Waals surface area contributed by atoms with Crippen molar-refractivity contribution in [1.82, 2.24) is 15.2 Å². The predicted octanol–water partition coefficient (Wildman–Crippen LogP) is 6.60. The number of hydrogen-bond acceptors (Lipinski definition) is 4. The average molecular weight is 579 g/mol. The maximum absolute atomic E-state index is 14.3. The normalized spacial score (nSPS) is 18.6. The van der Waals surface area contributed by atoms with E-state index in [0.29, 0.717) is 29.3 Å². The van der Waals surface area contributed by atoms with Gasteiger partial charge >= 0.3 is 6.03 Å². The minimum Gasteiger partial charge on any atom is -0.497 e. The number of aromatic nitrogens is 1. The first-order chi connectivity index (χ1) is 20.8. The van der Waals surface area contributed by atoms with E-state index in [0.717, 1.165) is 47.0 Å². The van der Waals surface area contributed by atoms with Crippen LogP contribution >= 0.6 is 0 Å². The molecule has 43 heavy (non-hydrogen) atoms. The molecule has 0 unspecified atom stereocenters. The van der Waals surface area contributed by atoms with Gasteiger partial charge in [0.15, 0.2) is 0 Å². The zero-order chi connectivity index (χ0) is 30.2. The van der Waals surface area contributed by atoms with Crippen molar-refractivity contribution in [3.05, 3.63) is 95.2 Å². The number of rotatable bonds is 9. The number of methoxy groups -OCH3 is 1. The quantitative estimate of drug-likeness (QED) is 0.219. The highest BCUT2D eigenvalue weighted by molar-refractivity contribution is 6.24. The number of amides is 4. The van der Waals surface area contributed by atoms with Crippen molar-refractivity contribution < 1.29 is 19.1 Å². The first-order valence-corrected chi connectivity index (χ1v) is 15.1. The number of hydrogen-bond donors (Lipinski definition) is 2. The van der Waals surface area contributed by atoms with Gasteiger partial charge in [0.2, 0.25) is 0 Å². The highest BCUT2D eigenvalue weighted by atomic mass is 16.5. The van der Waals surface area contributed by atoms with Gasteiger partial charge in [-0.1, -0.05) is 69.2 Å². The van der Waals surface area contributed by atoms with Crippen LogP contribution in [-0.2, 0) is 11.2 Å². The van der Waals surface area contributed by atoms with E-state index in [1.165, 1.54) is 4.90 Å². The van der Waals surface area contributed by atoms with Gasteiger partial charge in [0.05, 0.1) is 18.4 Å². The fourth-order valence-corrected chi connectivity index (χ4v) is 6.50. The summed E-state index contributed by atoms with van der Waals surface area (Å²) < 4.78 is 5.38. The molecule has 1 saturated heterocycles. The Kier molecular flexibility index (Phi) is 7.69. The molecule has 2 N–H and O–H groups in total. The molecule has 0 radical (unpaired) electrons. The number of carbonyl (C=O) groups is 3. The minimum absolute atomic E-state index is 0.0339. The predicted molar refractivity (Wildman–Crippen MR) is 167 cm³/mol. The Hall–Kier alpha value is -4.59. The summed E-state index contributed by atoms with van der Waals surface area (Å²) in [5.41, 5.74) is 4.37. The zero-order valence-corrected chi connectivity index (χ0v) is 25.1. The van der Waals surface area contributed by atoms with Crippen LogP contribution in [0, 0.1) is 5.92 Å². The van der Waals surface area contributed by atoms with Crippen molar-refractivity contribution in [3.8, 4) is 5.75 Å². The van der Waals surface area contributed by atoms with Crippen molar-refractivity contribution in [2.24, 2.45) is 5.92 Å². The van der Waals surface area contributed by atoms with Gasteiger partial charge in [-0.3, -0.25) is 14.5 Å². The Morgan fingerprint density at radius 1 is 0.977 bits per heavy atom. The second-order valence-corrected chi connectivity index (χ2v) is 12.0. The molecular weight excluding hydrogens is 540 g/mol. The monoisotopic (exact) mass is 578 g/mol. The van der Waals surface area contributed by atoms with E-state index in [9.17, 15) is 14.4 Å². The number of benzene rings is 3. The first kappa shape index (κ1) is 28.5. The van der Waals surface area contributed by atoms with E-state index in [1.54, 1.807) is 36.3 Å². The third-order valence-electron chi connectivity index (χ3n) is 8.67. The number of aromatic amines is 1. The lowest BCUT2D eigenvalue weighted by Crippen LogP contribution is -2.44. The van der Waals surface area contributed by atoms with Crippen molar-refractivity contribution >= 4 is 34.4 Å². The van der Waals surface area contributed by atoms with Crippen molar-refractivity contribution in [2.45, 2.75) is 64.6 Å². The smallest absolute Gasteiger partial charge is 0.332 e. The largest absolute Gasteiger partial charge is 0.497 e. The second-order valence-electron chi connectivity index (χ2n) is 12.0. The maximum atomic E-state index is 14.3. The molecule has 8 nitrogen and oxygen atoms in total. The summed E-state index contributed by atoms with van der Waals surface area (Å²) in [6.45, 7) is 6.37. The molecule has 2 aliphatic rings. The summed E-state index contributed by atoms with van der Waals surface area (Å²) in [7, 11) is 1.61. The molecule has 3 heterocycles. The molecule has 4 amide bonds. The second kappa shape index (κ2) is 11.6. The van der Waals surface area contributed by atoms with Crippen LogP contribution in [0.1, 0.15) is 73.3 Å². The van der Waals surface area contributed by atoms with Crippen LogP contribution in [0.4, 0.5) is 10.5 Å². The van der Waals surface area contributed by atoms with Crippen LogP contribution in [0.3, 0.4) is 0 Å². The first-order valence-electron chi connectivity index (χ1n) is 15.1. The van der Waals surface area contributed by atoms with E-state index >= 15 is 0 Å². The fraction of sp³-hybridized carbons (Fsp3) is 0.343. The number of urea groups is 1. The number of H-pyrrole nitrogens is 1. The molecule has 8 heteroatoms. The number of para-hydroxylation sites is 2. The van der Waals surface area contributed by atoms with Crippen molar-refractivity contribution in [2.75, 3.05) is 12.0 Å². The molecule has 222 valence electrons. The number of ether oxygens (including phenoxy) is 1. The van der Waals surface area contributed by atoms with E-state index < -0.39 is 18.1 Å². The molecule has 0 bridgehead atoms. The van der Waals surface area contributed by atoms with Crippen LogP contribution in [0.5, 0.6) is 5.75 Å². The summed E-state index contributed by atoms with van der Waals surface area (Å²) in [5.74, 6) is 0.693. The molecule has 0 saturated carbocycles. The Balaban J connectivity index is 1.36. The van der Waals surface area contributed by atoms with Gasteiger partial charge in [-0.15, -0.1) is 0 Å². The van der Waals surface area contributed by atoms with Gasteiger partial charge in [0, 0.05) is 29.1 Å². The maximum Gasteiger partial charge on any atom is 0.332 e. The third-order valence-corrected chi connectivity index (χ3v) is 8.67. The number of anilines is 1. The van der Waals surface area contributed by atoms with Crippen LogP contribution in [0.2, 0.25) is 0 Å². The van der Waals surface area contributed by atoms with E-state index in [4.69, 9.17) is 4.74 Å². The number of imide groups is 1. The number of nitrogens with zero attached hydrogens (tertiary/aromatic N) is 2. The summed E-state index contributed by atoms with van der Waals surface area (Å²) in [6.07, 6.45) is 3.35. The SMILES string of the molecule is COc1ccc([C@H]2c3[nH]c4ccccc4c3C[C@H]3C(=O)N(c4ccccc4C(=O)N[C@@H](C)CCCC(C)C)C(=O)N23)cc1. The highest BCUT2D eigenvalue weighted by Crippen LogP contribution is 2.45. The molecule has 1 aromatic heterocycles. The fourth-order valence-electron chi connectivity index (χ4n) is 6.50.